The summed E-state index contributed by atoms with van der Waals surface area (Å²) in [5.41, 5.74) is 0. The first kappa shape index (κ1) is 7.03. The lowest BCUT2D eigenvalue weighted by atomic mass is 10.3. The van der Waals surface area contributed by atoms with Gasteiger partial charge in [-0.15, -0.1) is 0 Å². The van der Waals surface area contributed by atoms with Gasteiger partial charge in [-0.2, -0.15) is 0 Å². The second-order valence-electron chi connectivity index (χ2n) is 2.46. The van der Waals surface area contributed by atoms with Crippen molar-refractivity contribution in [2.75, 3.05) is 26.2 Å². The van der Waals surface area contributed by atoms with Crippen molar-refractivity contribution in [3.05, 3.63) is 6.54 Å². The fourth-order valence-corrected chi connectivity index (χ4v) is 1.13. The molecule has 53 valence electrons. The average molecular weight is 127 g/mol. The van der Waals surface area contributed by atoms with Gasteiger partial charge in [0.05, 0.1) is 0 Å². The molecule has 1 saturated heterocycles. The lowest BCUT2D eigenvalue weighted by Gasteiger charge is -2.25. The Hall–Kier alpha value is -0.0800. The number of rotatable bonds is 2. The van der Waals surface area contributed by atoms with Gasteiger partial charge in [-0.3, -0.25) is 0 Å². The highest BCUT2D eigenvalue weighted by Crippen LogP contribution is 1.94. The fraction of sp³-hybridized carbons (Fsp3) is 0.857. The van der Waals surface area contributed by atoms with Crippen LogP contribution in [0.2, 0.25) is 0 Å². The molecule has 0 aliphatic carbocycles. The minimum Gasteiger partial charge on any atom is -0.310 e. The molecule has 0 unspecified atom stereocenters. The molecule has 2 nitrogen and oxygen atoms in total. The highest BCUT2D eigenvalue weighted by atomic mass is 15.2. The Morgan fingerprint density at radius 2 is 2.56 bits per heavy atom. The zero-order chi connectivity index (χ0) is 6.53. The lowest BCUT2D eigenvalue weighted by molar-refractivity contribution is 0.264. The average Bonchev–Trinajstić information content (AvgIpc) is 1.91. The molecule has 1 heterocycles. The Morgan fingerprint density at radius 1 is 1.67 bits per heavy atom. The van der Waals surface area contributed by atoms with E-state index in [0.717, 1.165) is 13.1 Å². The summed E-state index contributed by atoms with van der Waals surface area (Å²) in [6.45, 7) is 9.07. The van der Waals surface area contributed by atoms with Gasteiger partial charge in [-0.1, -0.05) is 6.92 Å². The van der Waals surface area contributed by atoms with Crippen LogP contribution in [0.1, 0.15) is 13.3 Å². The van der Waals surface area contributed by atoms with Crippen molar-refractivity contribution in [2.45, 2.75) is 13.3 Å². The summed E-state index contributed by atoms with van der Waals surface area (Å²) in [6.07, 6.45) is 1.27. The van der Waals surface area contributed by atoms with Crippen LogP contribution >= 0.6 is 0 Å². The van der Waals surface area contributed by atoms with E-state index in [2.05, 4.69) is 23.7 Å². The lowest BCUT2D eigenvalue weighted by Crippen LogP contribution is -2.40. The van der Waals surface area contributed by atoms with Gasteiger partial charge in [0.15, 0.2) is 0 Å². The van der Waals surface area contributed by atoms with Crippen molar-refractivity contribution in [2.24, 2.45) is 0 Å². The van der Waals surface area contributed by atoms with Crippen LogP contribution in [0.3, 0.4) is 0 Å². The Balaban J connectivity index is 2.08. The zero-order valence-electron chi connectivity index (χ0n) is 6.06. The predicted molar refractivity (Wildman–Crippen MR) is 39.0 cm³/mol. The molecule has 0 amide bonds. The fourth-order valence-electron chi connectivity index (χ4n) is 1.13. The van der Waals surface area contributed by atoms with Crippen LogP contribution in [0.4, 0.5) is 0 Å². The van der Waals surface area contributed by atoms with Crippen molar-refractivity contribution in [1.82, 2.24) is 10.2 Å². The third-order valence-electron chi connectivity index (χ3n) is 1.61. The second-order valence-corrected chi connectivity index (χ2v) is 2.46. The standard InChI is InChI=1S/C7H15N2/c1-2-5-9-6-3-8-4-7-9/h3,8H,2,4-7H2,1H3. The van der Waals surface area contributed by atoms with E-state index in [9.17, 15) is 0 Å². The van der Waals surface area contributed by atoms with Crippen LogP contribution in [0.15, 0.2) is 0 Å². The Morgan fingerprint density at radius 3 is 3.11 bits per heavy atom. The van der Waals surface area contributed by atoms with Gasteiger partial charge in [0.25, 0.3) is 0 Å². The van der Waals surface area contributed by atoms with Gasteiger partial charge in [-0.25, -0.2) is 0 Å². The minimum absolute atomic E-state index is 1.12. The van der Waals surface area contributed by atoms with E-state index in [1.165, 1.54) is 19.5 Å². The maximum Gasteiger partial charge on any atom is 0.0362 e. The number of nitrogens with one attached hydrogen (secondary N) is 1. The Labute approximate surface area is 57.2 Å². The minimum atomic E-state index is 1.12. The van der Waals surface area contributed by atoms with Crippen LogP contribution in [-0.4, -0.2) is 31.1 Å². The summed E-state index contributed by atoms with van der Waals surface area (Å²) in [5, 5.41) is 3.21. The van der Waals surface area contributed by atoms with Crippen LogP contribution in [-0.2, 0) is 0 Å². The van der Waals surface area contributed by atoms with E-state index < -0.39 is 0 Å². The van der Waals surface area contributed by atoms with Crippen molar-refractivity contribution >= 4 is 0 Å². The molecule has 0 bridgehead atoms. The summed E-state index contributed by atoms with van der Waals surface area (Å²) in [4.78, 5) is 2.45. The quantitative estimate of drug-likeness (QED) is 0.580. The molecular weight excluding hydrogens is 112 g/mol. The number of piperazine rings is 1. The molecule has 1 aliphatic heterocycles. The smallest absolute Gasteiger partial charge is 0.0362 e. The maximum absolute atomic E-state index is 3.21. The van der Waals surface area contributed by atoms with Crippen molar-refractivity contribution in [3.8, 4) is 0 Å². The van der Waals surface area contributed by atoms with Crippen molar-refractivity contribution in [1.29, 1.82) is 0 Å². The van der Waals surface area contributed by atoms with Crippen molar-refractivity contribution < 1.29 is 0 Å². The van der Waals surface area contributed by atoms with Crippen LogP contribution in [0.5, 0.6) is 0 Å². The van der Waals surface area contributed by atoms with Gasteiger partial charge >= 0.3 is 0 Å². The van der Waals surface area contributed by atoms with E-state index in [0.29, 0.717) is 0 Å². The van der Waals surface area contributed by atoms with Gasteiger partial charge in [-0.05, 0) is 13.0 Å². The largest absolute Gasteiger partial charge is 0.310 e. The highest BCUT2D eigenvalue weighted by molar-refractivity contribution is 4.75. The first-order chi connectivity index (χ1) is 4.43. The van der Waals surface area contributed by atoms with E-state index in [1.54, 1.807) is 0 Å². The highest BCUT2D eigenvalue weighted by Gasteiger charge is 2.06. The van der Waals surface area contributed by atoms with Crippen molar-refractivity contribution in [3.63, 3.8) is 0 Å². The monoisotopic (exact) mass is 127 g/mol. The second kappa shape index (κ2) is 3.85. The summed E-state index contributed by atoms with van der Waals surface area (Å²) in [6, 6.07) is 0. The molecule has 0 saturated carbocycles. The Kier molecular flexibility index (Phi) is 3.01. The zero-order valence-corrected chi connectivity index (χ0v) is 6.06. The molecular formula is C7H15N2. The van der Waals surface area contributed by atoms with E-state index in [4.69, 9.17) is 0 Å². The first-order valence-corrected chi connectivity index (χ1v) is 3.71. The van der Waals surface area contributed by atoms with E-state index >= 15 is 0 Å². The molecule has 1 N–H and O–H groups in total. The molecule has 0 spiro atoms. The molecule has 1 rings (SSSR count). The third-order valence-corrected chi connectivity index (χ3v) is 1.61. The SMILES string of the molecule is CCCN1C[CH]NCC1. The van der Waals surface area contributed by atoms with Crippen LogP contribution < -0.4 is 5.32 Å². The summed E-state index contributed by atoms with van der Waals surface area (Å²) < 4.78 is 0. The van der Waals surface area contributed by atoms with Gasteiger partial charge < -0.3 is 10.2 Å². The number of hydrogen-bond donors (Lipinski definition) is 1. The predicted octanol–water partition coefficient (Wildman–Crippen LogP) is 0.463. The molecule has 0 atom stereocenters. The van der Waals surface area contributed by atoms with Gasteiger partial charge in [0.1, 0.15) is 0 Å². The molecule has 1 fully saturated rings. The van der Waals surface area contributed by atoms with Gasteiger partial charge in [0.2, 0.25) is 0 Å². The van der Waals surface area contributed by atoms with E-state index in [-0.39, 0.29) is 0 Å². The molecule has 1 aliphatic rings. The summed E-state index contributed by atoms with van der Waals surface area (Å²) in [5.74, 6) is 0. The molecule has 9 heavy (non-hydrogen) atoms. The normalized spacial score (nSPS) is 22.3. The third kappa shape index (κ3) is 2.33. The van der Waals surface area contributed by atoms with Gasteiger partial charge in [0, 0.05) is 26.2 Å². The van der Waals surface area contributed by atoms with Crippen LogP contribution in [0, 0.1) is 6.54 Å². The molecule has 0 aromatic rings. The van der Waals surface area contributed by atoms with Crippen LogP contribution in [0.25, 0.3) is 0 Å². The molecule has 2 heteroatoms. The topological polar surface area (TPSA) is 15.3 Å². The summed E-state index contributed by atoms with van der Waals surface area (Å²) in [7, 11) is 0. The van der Waals surface area contributed by atoms with E-state index in [1.807, 2.05) is 0 Å². The number of nitrogens with zero attached hydrogens (tertiary/aromatic N) is 1. The first-order valence-electron chi connectivity index (χ1n) is 3.71. The number of hydrogen-bond acceptors (Lipinski definition) is 2. The molecule has 1 radical (unpaired) electrons. The maximum atomic E-state index is 3.21. The summed E-state index contributed by atoms with van der Waals surface area (Å²) >= 11 is 0. The Bertz CT molecular complexity index is 64.6. The molecule has 0 aromatic heterocycles. The molecule has 0 aromatic carbocycles.